The molecule has 4 amide bonds. The molecule has 0 aromatic heterocycles. The highest BCUT2D eigenvalue weighted by Gasteiger charge is 2.25. The number of nitrogens with one attached hydrogen (secondary N) is 2. The Morgan fingerprint density at radius 3 is 2.18 bits per heavy atom. The first kappa shape index (κ1) is 19.8. The Morgan fingerprint density at radius 2 is 1.77 bits per heavy atom. The van der Waals surface area contributed by atoms with Gasteiger partial charge in [-0.25, -0.2) is 9.59 Å². The van der Waals surface area contributed by atoms with Gasteiger partial charge in [0.05, 0.1) is 6.61 Å². The SMILES string of the molecule is CCCCN(C(C)=O)C(=O)N[C@@H](C)C(=O)N[C@@H](CO)C(=O)O. The third kappa shape index (κ3) is 6.53. The second-order valence-corrected chi connectivity index (χ2v) is 4.78. The Hall–Kier alpha value is -2.16. The molecule has 0 saturated carbocycles. The summed E-state index contributed by atoms with van der Waals surface area (Å²) in [6, 6.07) is -3.22. The largest absolute Gasteiger partial charge is 0.480 e. The van der Waals surface area contributed by atoms with Crippen molar-refractivity contribution in [3.05, 3.63) is 0 Å². The zero-order chi connectivity index (χ0) is 17.3. The molecule has 9 heteroatoms. The topological polar surface area (TPSA) is 136 Å². The van der Waals surface area contributed by atoms with Crippen LogP contribution in [-0.2, 0) is 14.4 Å². The van der Waals surface area contributed by atoms with Crippen LogP contribution in [0.4, 0.5) is 4.79 Å². The zero-order valence-electron chi connectivity index (χ0n) is 13.0. The van der Waals surface area contributed by atoms with Crippen molar-refractivity contribution in [2.75, 3.05) is 13.2 Å². The molecule has 0 aromatic rings. The van der Waals surface area contributed by atoms with Crippen LogP contribution in [0.1, 0.15) is 33.6 Å². The van der Waals surface area contributed by atoms with Gasteiger partial charge in [0.25, 0.3) is 0 Å². The number of urea groups is 1. The van der Waals surface area contributed by atoms with Gasteiger partial charge in [-0.1, -0.05) is 13.3 Å². The molecule has 0 saturated heterocycles. The van der Waals surface area contributed by atoms with Crippen LogP contribution in [0.2, 0.25) is 0 Å². The number of aliphatic carboxylic acids is 1. The van der Waals surface area contributed by atoms with Gasteiger partial charge in [0.15, 0.2) is 0 Å². The van der Waals surface area contributed by atoms with Crippen LogP contribution in [-0.4, -0.2) is 64.2 Å². The number of carboxylic acids is 1. The number of imide groups is 1. The first-order valence-corrected chi connectivity index (χ1v) is 6.97. The number of amides is 4. The van der Waals surface area contributed by atoms with Gasteiger partial charge < -0.3 is 20.8 Å². The molecule has 0 aliphatic heterocycles. The van der Waals surface area contributed by atoms with Gasteiger partial charge in [0.2, 0.25) is 11.8 Å². The van der Waals surface area contributed by atoms with Crippen molar-refractivity contribution in [3.8, 4) is 0 Å². The summed E-state index contributed by atoms with van der Waals surface area (Å²) in [4.78, 5) is 46.8. The van der Waals surface area contributed by atoms with Gasteiger partial charge in [-0.15, -0.1) is 0 Å². The molecule has 0 heterocycles. The lowest BCUT2D eigenvalue weighted by Gasteiger charge is -2.22. The van der Waals surface area contributed by atoms with E-state index in [1.807, 2.05) is 6.92 Å². The number of carbonyl (C=O) groups is 4. The molecule has 0 aromatic carbocycles. The highest BCUT2D eigenvalue weighted by Crippen LogP contribution is 1.98. The van der Waals surface area contributed by atoms with Crippen molar-refractivity contribution in [1.82, 2.24) is 15.5 Å². The van der Waals surface area contributed by atoms with Gasteiger partial charge in [0, 0.05) is 13.5 Å². The first-order valence-electron chi connectivity index (χ1n) is 6.97. The van der Waals surface area contributed by atoms with E-state index in [-0.39, 0.29) is 6.54 Å². The van der Waals surface area contributed by atoms with Crippen molar-refractivity contribution in [1.29, 1.82) is 0 Å². The summed E-state index contributed by atoms with van der Waals surface area (Å²) in [6.07, 6.45) is 1.43. The number of aliphatic hydroxyl groups is 1. The third-order valence-electron chi connectivity index (χ3n) is 2.89. The van der Waals surface area contributed by atoms with Crippen LogP contribution in [0.15, 0.2) is 0 Å². The zero-order valence-corrected chi connectivity index (χ0v) is 13.0. The molecule has 0 aliphatic carbocycles. The molecule has 0 aliphatic rings. The lowest BCUT2D eigenvalue weighted by Crippen LogP contribution is -2.54. The second kappa shape index (κ2) is 9.72. The molecule has 9 nitrogen and oxygen atoms in total. The molecule has 4 N–H and O–H groups in total. The minimum absolute atomic E-state index is 0.237. The van der Waals surface area contributed by atoms with Gasteiger partial charge in [-0.3, -0.25) is 14.5 Å². The minimum Gasteiger partial charge on any atom is -0.480 e. The lowest BCUT2D eigenvalue weighted by molar-refractivity contribution is -0.143. The normalized spacial score (nSPS) is 12.9. The molecule has 0 radical (unpaired) electrons. The minimum atomic E-state index is -1.45. The first-order chi connectivity index (χ1) is 10.2. The molecule has 0 bridgehead atoms. The Bertz CT molecular complexity index is 426. The third-order valence-corrected chi connectivity index (χ3v) is 2.89. The second-order valence-electron chi connectivity index (χ2n) is 4.78. The summed E-state index contributed by atoms with van der Waals surface area (Å²) in [5, 5.41) is 22.0. The lowest BCUT2D eigenvalue weighted by atomic mass is 10.2. The number of hydrogen-bond acceptors (Lipinski definition) is 5. The van der Waals surface area contributed by atoms with Crippen LogP contribution in [0.5, 0.6) is 0 Å². The highest BCUT2D eigenvalue weighted by atomic mass is 16.4. The number of carbonyl (C=O) groups excluding carboxylic acids is 3. The summed E-state index contributed by atoms with van der Waals surface area (Å²) in [7, 11) is 0. The predicted octanol–water partition coefficient (Wildman–Crippen LogP) is -0.705. The Labute approximate surface area is 128 Å². The van der Waals surface area contributed by atoms with Crippen LogP contribution >= 0.6 is 0 Å². The number of unbranched alkanes of at least 4 members (excludes halogenated alkanes) is 1. The number of hydrogen-bond donors (Lipinski definition) is 4. The van der Waals surface area contributed by atoms with Crippen LogP contribution in [0.3, 0.4) is 0 Å². The predicted molar refractivity (Wildman–Crippen MR) is 76.9 cm³/mol. The molecule has 0 unspecified atom stereocenters. The van der Waals surface area contributed by atoms with Crippen molar-refractivity contribution in [2.45, 2.75) is 45.7 Å². The van der Waals surface area contributed by atoms with Crippen molar-refractivity contribution >= 4 is 23.8 Å². The maximum Gasteiger partial charge on any atom is 0.328 e. The van der Waals surface area contributed by atoms with Crippen LogP contribution in [0, 0.1) is 0 Å². The van der Waals surface area contributed by atoms with E-state index in [9.17, 15) is 19.2 Å². The number of rotatable bonds is 8. The molecular weight excluding hydrogens is 294 g/mol. The monoisotopic (exact) mass is 317 g/mol. The van der Waals surface area contributed by atoms with Crippen molar-refractivity contribution in [2.24, 2.45) is 0 Å². The molecule has 0 spiro atoms. The van der Waals surface area contributed by atoms with E-state index in [2.05, 4.69) is 10.6 Å². The Morgan fingerprint density at radius 1 is 1.18 bits per heavy atom. The van der Waals surface area contributed by atoms with E-state index < -0.39 is 42.5 Å². The maximum atomic E-state index is 11.9. The molecule has 0 rings (SSSR count). The maximum absolute atomic E-state index is 11.9. The average molecular weight is 317 g/mol. The fraction of sp³-hybridized carbons (Fsp3) is 0.692. The number of aliphatic hydroxyl groups excluding tert-OH is 1. The number of nitrogens with zero attached hydrogens (tertiary/aromatic N) is 1. The summed E-state index contributed by atoms with van der Waals surface area (Å²) in [5.74, 6) is -2.60. The Kier molecular flexibility index (Phi) is 8.76. The molecule has 22 heavy (non-hydrogen) atoms. The van der Waals surface area contributed by atoms with E-state index in [0.717, 1.165) is 11.3 Å². The van der Waals surface area contributed by atoms with E-state index >= 15 is 0 Å². The standard InChI is InChI=1S/C13H23N3O6/c1-4-5-6-16(9(3)18)13(22)14-8(2)11(19)15-10(7-17)12(20)21/h8,10,17H,4-7H2,1-3H3,(H,14,22)(H,15,19)(H,20,21)/t8-,10-/m0/s1. The average Bonchev–Trinajstić information content (AvgIpc) is 2.43. The van der Waals surface area contributed by atoms with Crippen molar-refractivity contribution < 1.29 is 29.4 Å². The van der Waals surface area contributed by atoms with Crippen molar-refractivity contribution in [3.63, 3.8) is 0 Å². The highest BCUT2D eigenvalue weighted by molar-refractivity contribution is 5.96. The van der Waals surface area contributed by atoms with Gasteiger partial charge in [-0.05, 0) is 13.3 Å². The van der Waals surface area contributed by atoms with Crippen LogP contribution < -0.4 is 10.6 Å². The fourth-order valence-electron chi connectivity index (χ4n) is 1.53. The fourth-order valence-corrected chi connectivity index (χ4v) is 1.53. The van der Waals surface area contributed by atoms with E-state index in [1.165, 1.54) is 13.8 Å². The van der Waals surface area contributed by atoms with E-state index in [4.69, 9.17) is 10.2 Å². The van der Waals surface area contributed by atoms with Gasteiger partial charge in [-0.2, -0.15) is 0 Å². The molecule has 126 valence electrons. The van der Waals surface area contributed by atoms with E-state index in [0.29, 0.717) is 6.42 Å². The summed E-state index contributed by atoms with van der Waals surface area (Å²) in [6.45, 7) is 3.97. The summed E-state index contributed by atoms with van der Waals surface area (Å²) >= 11 is 0. The van der Waals surface area contributed by atoms with Gasteiger partial charge >= 0.3 is 12.0 Å². The summed E-state index contributed by atoms with van der Waals surface area (Å²) in [5.41, 5.74) is 0. The molecule has 0 fully saturated rings. The molecule has 2 atom stereocenters. The summed E-state index contributed by atoms with van der Waals surface area (Å²) < 4.78 is 0. The molecular formula is C13H23N3O6. The van der Waals surface area contributed by atoms with Gasteiger partial charge in [0.1, 0.15) is 12.1 Å². The Balaban J connectivity index is 4.63. The smallest absolute Gasteiger partial charge is 0.328 e. The quantitative estimate of drug-likeness (QED) is 0.467. The van der Waals surface area contributed by atoms with E-state index in [1.54, 1.807) is 0 Å². The van der Waals surface area contributed by atoms with Crippen LogP contribution in [0.25, 0.3) is 0 Å². The number of carboxylic acid groups (broad SMARTS) is 1.